The Balaban J connectivity index is 1.88. The van der Waals surface area contributed by atoms with Gasteiger partial charge < -0.3 is 5.11 Å². The van der Waals surface area contributed by atoms with Gasteiger partial charge in [0.05, 0.1) is 6.10 Å². The highest BCUT2D eigenvalue weighted by atomic mass is 32.1. The van der Waals surface area contributed by atoms with Gasteiger partial charge in [-0.15, -0.1) is 11.3 Å². The van der Waals surface area contributed by atoms with Crippen LogP contribution in [-0.4, -0.2) is 11.2 Å². The van der Waals surface area contributed by atoms with Crippen molar-refractivity contribution >= 4 is 11.3 Å². The summed E-state index contributed by atoms with van der Waals surface area (Å²) in [4.78, 5) is 1.32. The van der Waals surface area contributed by atoms with Crippen LogP contribution in [0.25, 0.3) is 0 Å². The molecule has 1 saturated carbocycles. The lowest BCUT2D eigenvalue weighted by Crippen LogP contribution is -2.30. The van der Waals surface area contributed by atoms with Crippen molar-refractivity contribution in [3.8, 4) is 0 Å². The third-order valence-corrected chi connectivity index (χ3v) is 5.07. The predicted molar refractivity (Wildman–Crippen MR) is 69.7 cm³/mol. The van der Waals surface area contributed by atoms with Crippen LogP contribution in [0.15, 0.2) is 17.5 Å². The minimum absolute atomic E-state index is 0.131. The first-order chi connectivity index (χ1) is 7.66. The first-order valence-corrected chi connectivity index (χ1v) is 7.25. The number of hydrogen-bond donors (Lipinski definition) is 1. The maximum atomic E-state index is 10.3. The fourth-order valence-electron chi connectivity index (χ4n) is 2.74. The van der Waals surface area contributed by atoms with Crippen LogP contribution in [0.4, 0.5) is 0 Å². The highest BCUT2D eigenvalue weighted by molar-refractivity contribution is 7.09. The number of rotatable bonds is 3. The Hall–Kier alpha value is -0.340. The summed E-state index contributed by atoms with van der Waals surface area (Å²) in [5, 5.41) is 12.3. The minimum atomic E-state index is -0.131. The minimum Gasteiger partial charge on any atom is -0.392 e. The summed E-state index contributed by atoms with van der Waals surface area (Å²) in [6, 6.07) is 4.20. The van der Waals surface area contributed by atoms with E-state index in [0.29, 0.717) is 5.92 Å². The largest absolute Gasteiger partial charge is 0.392 e. The summed E-state index contributed by atoms with van der Waals surface area (Å²) in [6.45, 7) is 4.67. The molecule has 4 unspecified atom stereocenters. The van der Waals surface area contributed by atoms with E-state index in [1.165, 1.54) is 24.1 Å². The molecule has 1 N–H and O–H groups in total. The molecule has 1 heterocycles. The molecule has 1 aliphatic carbocycles. The molecule has 2 heteroatoms. The highest BCUT2D eigenvalue weighted by Gasteiger charge is 2.29. The zero-order valence-electron chi connectivity index (χ0n) is 10.2. The third kappa shape index (κ3) is 2.86. The van der Waals surface area contributed by atoms with Crippen molar-refractivity contribution in [2.45, 2.75) is 45.6 Å². The normalized spacial score (nSPS) is 32.6. The van der Waals surface area contributed by atoms with Gasteiger partial charge in [0.25, 0.3) is 0 Å². The van der Waals surface area contributed by atoms with Gasteiger partial charge in [-0.2, -0.15) is 0 Å². The van der Waals surface area contributed by atoms with E-state index in [2.05, 4.69) is 31.4 Å². The molecule has 0 radical (unpaired) electrons. The number of aliphatic hydroxyl groups is 1. The molecule has 0 amide bonds. The van der Waals surface area contributed by atoms with Crippen LogP contribution in [0.5, 0.6) is 0 Å². The summed E-state index contributed by atoms with van der Waals surface area (Å²) in [6.07, 6.45) is 4.41. The SMILES string of the molecule is CC1CCC(C(O)Cc2cccs2)CC1C. The van der Waals surface area contributed by atoms with Crippen LogP contribution in [-0.2, 0) is 6.42 Å². The Labute approximate surface area is 103 Å². The van der Waals surface area contributed by atoms with Gasteiger partial charge in [0.1, 0.15) is 0 Å². The number of thiophene rings is 1. The van der Waals surface area contributed by atoms with Gasteiger partial charge in [-0.25, -0.2) is 0 Å². The van der Waals surface area contributed by atoms with Crippen LogP contribution in [0.2, 0.25) is 0 Å². The summed E-state index contributed by atoms with van der Waals surface area (Å²) in [5.74, 6) is 2.13. The Kier molecular flexibility index (Phi) is 4.04. The lowest BCUT2D eigenvalue weighted by Gasteiger charge is -2.34. The van der Waals surface area contributed by atoms with E-state index >= 15 is 0 Å². The van der Waals surface area contributed by atoms with E-state index < -0.39 is 0 Å². The van der Waals surface area contributed by atoms with Crippen LogP contribution < -0.4 is 0 Å². The van der Waals surface area contributed by atoms with Crippen LogP contribution in [0.1, 0.15) is 38.0 Å². The second kappa shape index (κ2) is 5.33. The molecule has 0 aromatic carbocycles. The predicted octanol–water partition coefficient (Wildman–Crippen LogP) is 3.72. The molecule has 4 atom stereocenters. The fourth-order valence-corrected chi connectivity index (χ4v) is 3.50. The quantitative estimate of drug-likeness (QED) is 0.851. The first kappa shape index (κ1) is 12.1. The number of aliphatic hydroxyl groups excluding tert-OH is 1. The van der Waals surface area contributed by atoms with E-state index in [-0.39, 0.29) is 6.10 Å². The van der Waals surface area contributed by atoms with E-state index in [4.69, 9.17) is 0 Å². The van der Waals surface area contributed by atoms with E-state index in [1.54, 1.807) is 11.3 Å². The molecule has 1 aromatic heterocycles. The summed E-state index contributed by atoms with van der Waals surface area (Å²) in [7, 11) is 0. The smallest absolute Gasteiger partial charge is 0.0616 e. The molecule has 1 nitrogen and oxygen atoms in total. The van der Waals surface area contributed by atoms with Gasteiger partial charge in [0.15, 0.2) is 0 Å². The Morgan fingerprint density at radius 3 is 2.81 bits per heavy atom. The highest BCUT2D eigenvalue weighted by Crippen LogP contribution is 2.35. The molecular formula is C14H22OS. The maximum absolute atomic E-state index is 10.3. The van der Waals surface area contributed by atoms with Crippen molar-refractivity contribution in [2.75, 3.05) is 0 Å². The van der Waals surface area contributed by atoms with E-state index in [9.17, 15) is 5.11 Å². The topological polar surface area (TPSA) is 20.2 Å². The van der Waals surface area contributed by atoms with Crippen molar-refractivity contribution in [2.24, 2.45) is 17.8 Å². The fraction of sp³-hybridized carbons (Fsp3) is 0.714. The monoisotopic (exact) mass is 238 g/mol. The average Bonchev–Trinajstić information content (AvgIpc) is 2.74. The summed E-state index contributed by atoms with van der Waals surface area (Å²) in [5.41, 5.74) is 0. The molecule has 2 rings (SSSR count). The molecule has 0 spiro atoms. The Morgan fingerprint density at radius 2 is 2.19 bits per heavy atom. The van der Waals surface area contributed by atoms with Gasteiger partial charge >= 0.3 is 0 Å². The molecule has 16 heavy (non-hydrogen) atoms. The van der Waals surface area contributed by atoms with Crippen LogP contribution in [0, 0.1) is 17.8 Å². The zero-order chi connectivity index (χ0) is 11.5. The Bertz CT molecular complexity index is 307. The van der Waals surface area contributed by atoms with Gasteiger partial charge in [0.2, 0.25) is 0 Å². The van der Waals surface area contributed by atoms with Gasteiger partial charge in [0, 0.05) is 11.3 Å². The van der Waals surface area contributed by atoms with Crippen molar-refractivity contribution in [1.82, 2.24) is 0 Å². The molecule has 1 fully saturated rings. The Morgan fingerprint density at radius 1 is 1.38 bits per heavy atom. The van der Waals surface area contributed by atoms with Crippen LogP contribution >= 0.6 is 11.3 Å². The maximum Gasteiger partial charge on any atom is 0.0616 e. The molecule has 90 valence electrons. The first-order valence-electron chi connectivity index (χ1n) is 6.37. The molecule has 0 saturated heterocycles. The zero-order valence-corrected chi connectivity index (χ0v) is 11.0. The molecule has 1 aliphatic rings. The summed E-state index contributed by atoms with van der Waals surface area (Å²) < 4.78 is 0. The average molecular weight is 238 g/mol. The van der Waals surface area contributed by atoms with Gasteiger partial charge in [-0.1, -0.05) is 26.3 Å². The van der Waals surface area contributed by atoms with E-state index in [0.717, 1.165) is 18.3 Å². The van der Waals surface area contributed by atoms with Gasteiger partial charge in [-0.3, -0.25) is 0 Å². The molecular weight excluding hydrogens is 216 g/mol. The van der Waals surface area contributed by atoms with E-state index in [1.807, 2.05) is 0 Å². The lowest BCUT2D eigenvalue weighted by molar-refractivity contribution is 0.0576. The second-order valence-electron chi connectivity index (χ2n) is 5.38. The van der Waals surface area contributed by atoms with Crippen molar-refractivity contribution in [3.63, 3.8) is 0 Å². The van der Waals surface area contributed by atoms with Crippen LogP contribution in [0.3, 0.4) is 0 Å². The molecule has 0 bridgehead atoms. The molecule has 1 aromatic rings. The third-order valence-electron chi connectivity index (χ3n) is 4.17. The molecule has 0 aliphatic heterocycles. The van der Waals surface area contributed by atoms with Crippen molar-refractivity contribution < 1.29 is 5.11 Å². The number of hydrogen-bond acceptors (Lipinski definition) is 2. The standard InChI is InChI=1S/C14H22OS/c1-10-5-6-12(8-11(10)2)14(15)9-13-4-3-7-16-13/h3-4,7,10-12,14-15H,5-6,8-9H2,1-2H3. The van der Waals surface area contributed by atoms with Crippen molar-refractivity contribution in [1.29, 1.82) is 0 Å². The summed E-state index contributed by atoms with van der Waals surface area (Å²) >= 11 is 1.76. The lowest BCUT2D eigenvalue weighted by atomic mass is 9.73. The van der Waals surface area contributed by atoms with Crippen molar-refractivity contribution in [3.05, 3.63) is 22.4 Å². The van der Waals surface area contributed by atoms with Gasteiger partial charge in [-0.05, 0) is 42.0 Å². The second-order valence-corrected chi connectivity index (χ2v) is 6.41.